The lowest BCUT2D eigenvalue weighted by Crippen LogP contribution is -2.39. The van der Waals surface area contributed by atoms with Crippen LogP contribution in [0.5, 0.6) is 0 Å². The van der Waals surface area contributed by atoms with E-state index in [0.717, 1.165) is 17.7 Å². The molecule has 2 amide bonds. The lowest BCUT2D eigenvalue weighted by atomic mass is 10.0. The molecule has 0 atom stereocenters. The van der Waals surface area contributed by atoms with Gasteiger partial charge in [-0.05, 0) is 45.1 Å². The molecule has 2 rings (SSSR count). The van der Waals surface area contributed by atoms with Crippen LogP contribution in [0.1, 0.15) is 21.5 Å². The first-order valence-corrected chi connectivity index (χ1v) is 6.74. The van der Waals surface area contributed by atoms with Crippen molar-refractivity contribution in [3.63, 3.8) is 0 Å². The van der Waals surface area contributed by atoms with Crippen molar-refractivity contribution in [3.8, 4) is 0 Å². The second-order valence-electron chi connectivity index (χ2n) is 5.51. The number of aryl methyl sites for hydroxylation is 1. The zero-order valence-electron chi connectivity index (χ0n) is 12.5. The molecule has 1 aromatic rings. The molecule has 0 aliphatic carbocycles. The van der Waals surface area contributed by atoms with Crippen molar-refractivity contribution >= 4 is 17.5 Å². The van der Waals surface area contributed by atoms with Gasteiger partial charge >= 0.3 is 0 Å². The molecule has 0 bridgehead atoms. The Balaban J connectivity index is 2.36. The third kappa shape index (κ3) is 2.82. The molecule has 1 aliphatic heterocycles. The lowest BCUT2D eigenvalue weighted by molar-refractivity contribution is -0.116. The van der Waals surface area contributed by atoms with Gasteiger partial charge in [0.15, 0.2) is 0 Å². The van der Waals surface area contributed by atoms with Gasteiger partial charge in [0, 0.05) is 13.1 Å². The average Bonchev–Trinajstić information content (AvgIpc) is 2.50. The summed E-state index contributed by atoms with van der Waals surface area (Å²) in [6, 6.07) is 3.72. The van der Waals surface area contributed by atoms with Gasteiger partial charge in [-0.3, -0.25) is 9.59 Å². The maximum absolute atomic E-state index is 12.6. The monoisotopic (exact) mass is 275 g/mol. The Morgan fingerprint density at radius 2 is 1.95 bits per heavy atom. The Bertz CT molecular complexity index is 552. The summed E-state index contributed by atoms with van der Waals surface area (Å²) in [5, 5.41) is 2.86. The Morgan fingerprint density at radius 3 is 2.60 bits per heavy atom. The van der Waals surface area contributed by atoms with Crippen molar-refractivity contribution in [2.45, 2.75) is 13.8 Å². The van der Waals surface area contributed by atoms with Crippen LogP contribution in [0.2, 0.25) is 0 Å². The first-order valence-electron chi connectivity index (χ1n) is 6.74. The van der Waals surface area contributed by atoms with Crippen LogP contribution in [0.4, 0.5) is 5.69 Å². The van der Waals surface area contributed by atoms with Gasteiger partial charge in [-0.15, -0.1) is 0 Å². The van der Waals surface area contributed by atoms with Crippen LogP contribution in [0.15, 0.2) is 12.1 Å². The van der Waals surface area contributed by atoms with Gasteiger partial charge in [0.05, 0.1) is 11.3 Å². The first-order chi connectivity index (χ1) is 9.40. The number of amides is 2. The summed E-state index contributed by atoms with van der Waals surface area (Å²) >= 11 is 0. The fraction of sp³-hybridized carbons (Fsp3) is 0.467. The molecule has 0 saturated heterocycles. The smallest absolute Gasteiger partial charge is 0.256 e. The minimum absolute atomic E-state index is 0.0803. The van der Waals surface area contributed by atoms with E-state index in [1.54, 1.807) is 11.0 Å². The van der Waals surface area contributed by atoms with E-state index in [9.17, 15) is 9.59 Å². The molecule has 0 spiro atoms. The minimum Gasteiger partial charge on any atom is -0.328 e. The predicted molar refractivity (Wildman–Crippen MR) is 79.0 cm³/mol. The molecular formula is C15H21N3O2. The summed E-state index contributed by atoms with van der Waals surface area (Å²) in [6.45, 7) is 5.29. The molecule has 1 aliphatic rings. The number of hydrogen-bond donors (Lipinski definition) is 1. The standard InChI is InChI=1S/C15H21N3O2/c1-10-5-6-12-14(11(10)2)16-13(19)9-18(15(12)20)8-7-17(3)4/h5-6H,7-9H2,1-4H3,(H,16,19). The molecule has 0 saturated carbocycles. The highest BCUT2D eigenvalue weighted by Gasteiger charge is 2.27. The quantitative estimate of drug-likeness (QED) is 0.903. The molecule has 1 aromatic carbocycles. The number of fused-ring (bicyclic) bond motifs is 1. The van der Waals surface area contributed by atoms with Crippen LogP contribution in [0, 0.1) is 13.8 Å². The molecule has 0 unspecified atom stereocenters. The molecule has 0 radical (unpaired) electrons. The van der Waals surface area contributed by atoms with Crippen LogP contribution in [0.3, 0.4) is 0 Å². The molecule has 1 heterocycles. The van der Waals surface area contributed by atoms with E-state index >= 15 is 0 Å². The highest BCUT2D eigenvalue weighted by molar-refractivity contribution is 6.09. The molecule has 20 heavy (non-hydrogen) atoms. The number of hydrogen-bond acceptors (Lipinski definition) is 3. The maximum atomic E-state index is 12.6. The van der Waals surface area contributed by atoms with E-state index in [-0.39, 0.29) is 18.4 Å². The number of nitrogens with zero attached hydrogens (tertiary/aromatic N) is 2. The third-order valence-corrected chi connectivity index (χ3v) is 3.67. The lowest BCUT2D eigenvalue weighted by Gasteiger charge is -2.21. The number of anilines is 1. The van der Waals surface area contributed by atoms with Gasteiger partial charge in [-0.2, -0.15) is 0 Å². The van der Waals surface area contributed by atoms with Crippen molar-refractivity contribution in [2.75, 3.05) is 39.0 Å². The third-order valence-electron chi connectivity index (χ3n) is 3.67. The second-order valence-corrected chi connectivity index (χ2v) is 5.51. The number of rotatable bonds is 3. The SMILES string of the molecule is Cc1ccc2c(c1C)NC(=O)CN(CCN(C)C)C2=O. The Kier molecular flexibility index (Phi) is 4.09. The molecule has 1 N–H and O–H groups in total. The Morgan fingerprint density at radius 1 is 1.25 bits per heavy atom. The van der Waals surface area contributed by atoms with Crippen molar-refractivity contribution < 1.29 is 9.59 Å². The van der Waals surface area contributed by atoms with Gasteiger partial charge in [0.2, 0.25) is 5.91 Å². The van der Waals surface area contributed by atoms with Gasteiger partial charge < -0.3 is 15.1 Å². The maximum Gasteiger partial charge on any atom is 0.256 e. The van der Waals surface area contributed by atoms with E-state index in [0.29, 0.717) is 17.8 Å². The molecule has 5 heteroatoms. The largest absolute Gasteiger partial charge is 0.328 e. The number of benzene rings is 1. The van der Waals surface area contributed by atoms with Gasteiger partial charge in [-0.25, -0.2) is 0 Å². The van der Waals surface area contributed by atoms with Gasteiger partial charge in [-0.1, -0.05) is 6.07 Å². The van der Waals surface area contributed by atoms with E-state index in [1.165, 1.54) is 0 Å². The van der Waals surface area contributed by atoms with Crippen molar-refractivity contribution in [1.29, 1.82) is 0 Å². The molecule has 5 nitrogen and oxygen atoms in total. The Labute approximate surface area is 119 Å². The van der Waals surface area contributed by atoms with E-state index in [2.05, 4.69) is 5.32 Å². The zero-order valence-corrected chi connectivity index (χ0v) is 12.5. The summed E-state index contributed by atoms with van der Waals surface area (Å²) in [5.74, 6) is -0.215. The zero-order chi connectivity index (χ0) is 14.9. The normalized spacial score (nSPS) is 15.2. The summed E-state index contributed by atoms with van der Waals surface area (Å²) in [6.07, 6.45) is 0. The summed E-state index contributed by atoms with van der Waals surface area (Å²) in [4.78, 5) is 28.2. The van der Waals surface area contributed by atoms with Crippen molar-refractivity contribution in [1.82, 2.24) is 9.80 Å². The van der Waals surface area contributed by atoms with Gasteiger partial charge in [0.1, 0.15) is 6.54 Å². The summed E-state index contributed by atoms with van der Waals surface area (Å²) in [7, 11) is 3.90. The molecule has 0 aromatic heterocycles. The topological polar surface area (TPSA) is 52.7 Å². The molecular weight excluding hydrogens is 254 g/mol. The van der Waals surface area contributed by atoms with Crippen molar-refractivity contribution in [2.24, 2.45) is 0 Å². The number of likely N-dealkylation sites (N-methyl/N-ethyl adjacent to an activating group) is 1. The fourth-order valence-electron chi connectivity index (χ4n) is 2.25. The van der Waals surface area contributed by atoms with E-state index in [1.807, 2.05) is 38.9 Å². The Hall–Kier alpha value is -1.88. The van der Waals surface area contributed by atoms with Crippen LogP contribution < -0.4 is 5.32 Å². The fourth-order valence-corrected chi connectivity index (χ4v) is 2.25. The number of carbonyl (C=O) groups is 2. The number of nitrogens with one attached hydrogen (secondary N) is 1. The summed E-state index contributed by atoms with van der Waals surface area (Å²) < 4.78 is 0. The minimum atomic E-state index is -0.135. The van der Waals surface area contributed by atoms with E-state index in [4.69, 9.17) is 0 Å². The number of carbonyl (C=O) groups excluding carboxylic acids is 2. The van der Waals surface area contributed by atoms with Crippen LogP contribution >= 0.6 is 0 Å². The van der Waals surface area contributed by atoms with Crippen LogP contribution in [-0.4, -0.2) is 55.3 Å². The molecule has 0 fully saturated rings. The van der Waals surface area contributed by atoms with Crippen LogP contribution in [0.25, 0.3) is 0 Å². The van der Waals surface area contributed by atoms with E-state index < -0.39 is 0 Å². The molecule has 108 valence electrons. The highest BCUT2D eigenvalue weighted by atomic mass is 16.2. The van der Waals surface area contributed by atoms with Crippen molar-refractivity contribution in [3.05, 3.63) is 28.8 Å². The van der Waals surface area contributed by atoms with Crippen LogP contribution in [-0.2, 0) is 4.79 Å². The summed E-state index contributed by atoms with van der Waals surface area (Å²) in [5.41, 5.74) is 3.27. The first kappa shape index (κ1) is 14.5. The van der Waals surface area contributed by atoms with Gasteiger partial charge in [0.25, 0.3) is 5.91 Å². The highest BCUT2D eigenvalue weighted by Crippen LogP contribution is 2.27. The predicted octanol–water partition coefficient (Wildman–Crippen LogP) is 1.26. The second kappa shape index (κ2) is 5.63. The average molecular weight is 275 g/mol.